The van der Waals surface area contributed by atoms with Crippen LogP contribution in [0.5, 0.6) is 0 Å². The van der Waals surface area contributed by atoms with E-state index in [1.807, 2.05) is 6.20 Å². The molecule has 0 radical (unpaired) electrons. The van der Waals surface area contributed by atoms with E-state index in [0.717, 1.165) is 0 Å². The van der Waals surface area contributed by atoms with Gasteiger partial charge in [0, 0.05) is 34.2 Å². The third kappa shape index (κ3) is 2.73. The summed E-state index contributed by atoms with van der Waals surface area (Å²) in [7, 11) is 0. The van der Waals surface area contributed by atoms with Gasteiger partial charge in [-0.3, -0.25) is 0 Å². The molecule has 4 rings (SSSR count). The fourth-order valence-electron chi connectivity index (χ4n) is 3.47. The largest absolute Gasteiger partial charge is 0.361 e. The molecule has 0 fully saturated rings. The van der Waals surface area contributed by atoms with Crippen molar-refractivity contribution in [1.29, 1.82) is 0 Å². The summed E-state index contributed by atoms with van der Waals surface area (Å²) in [6.45, 7) is 12.9. The van der Waals surface area contributed by atoms with Gasteiger partial charge in [0.2, 0.25) is 0 Å². The summed E-state index contributed by atoms with van der Waals surface area (Å²) in [4.78, 5) is 6.57. The highest BCUT2D eigenvalue weighted by atomic mass is 14.7. The molecule has 24 heavy (non-hydrogen) atoms. The highest BCUT2D eigenvalue weighted by Crippen LogP contribution is 2.24. The van der Waals surface area contributed by atoms with Gasteiger partial charge >= 0.3 is 0 Å². The lowest BCUT2D eigenvalue weighted by molar-refractivity contribution is 1.32. The van der Waals surface area contributed by atoms with Crippen LogP contribution in [0.2, 0.25) is 0 Å². The van der Waals surface area contributed by atoms with Crippen molar-refractivity contribution in [1.82, 2.24) is 9.97 Å². The third-order valence-electron chi connectivity index (χ3n) is 5.02. The number of aryl methyl sites for hydroxylation is 6. The molecule has 0 bridgehead atoms. The molecule has 2 aromatic carbocycles. The van der Waals surface area contributed by atoms with Crippen LogP contribution in [0.3, 0.4) is 0 Å². The Balaban J connectivity index is 0.000000141. The maximum absolute atomic E-state index is 3.30. The fourth-order valence-corrected chi connectivity index (χ4v) is 3.47. The van der Waals surface area contributed by atoms with E-state index in [4.69, 9.17) is 0 Å². The summed E-state index contributed by atoms with van der Waals surface area (Å²) < 4.78 is 0. The summed E-state index contributed by atoms with van der Waals surface area (Å²) in [5.74, 6) is 0. The fraction of sp³-hybridized carbons (Fsp3) is 0.273. The average Bonchev–Trinajstić information content (AvgIpc) is 3.17. The molecule has 0 saturated carbocycles. The number of hydrogen-bond donors (Lipinski definition) is 2. The Kier molecular flexibility index (Phi) is 4.23. The van der Waals surface area contributed by atoms with Crippen LogP contribution in [0.1, 0.15) is 33.4 Å². The molecule has 0 amide bonds. The molecular formula is C22H26N2. The topological polar surface area (TPSA) is 31.6 Å². The first-order chi connectivity index (χ1) is 11.4. The second-order valence-corrected chi connectivity index (χ2v) is 6.82. The van der Waals surface area contributed by atoms with Crippen LogP contribution in [0.15, 0.2) is 36.7 Å². The first-order valence-corrected chi connectivity index (χ1v) is 8.48. The monoisotopic (exact) mass is 318 g/mol. The zero-order valence-electron chi connectivity index (χ0n) is 15.5. The highest BCUT2D eigenvalue weighted by Gasteiger charge is 2.04. The minimum absolute atomic E-state index is 1.28. The Hall–Kier alpha value is -2.48. The molecule has 2 nitrogen and oxygen atoms in total. The normalized spacial score (nSPS) is 10.9. The van der Waals surface area contributed by atoms with E-state index < -0.39 is 0 Å². The van der Waals surface area contributed by atoms with Gasteiger partial charge in [-0.1, -0.05) is 18.2 Å². The maximum Gasteiger partial charge on any atom is 0.0489 e. The first-order valence-electron chi connectivity index (χ1n) is 8.48. The molecule has 0 spiro atoms. The van der Waals surface area contributed by atoms with E-state index in [0.29, 0.717) is 0 Å². The molecular weight excluding hydrogens is 292 g/mol. The summed E-state index contributed by atoms with van der Waals surface area (Å²) in [5.41, 5.74) is 10.7. The number of nitrogens with one attached hydrogen (secondary N) is 2. The van der Waals surface area contributed by atoms with Crippen LogP contribution < -0.4 is 0 Å². The van der Waals surface area contributed by atoms with Gasteiger partial charge in [0.05, 0.1) is 0 Å². The number of hydrogen-bond acceptors (Lipinski definition) is 0. The van der Waals surface area contributed by atoms with Crippen LogP contribution in [0.25, 0.3) is 21.8 Å². The van der Waals surface area contributed by atoms with Crippen LogP contribution in [0, 0.1) is 41.5 Å². The molecule has 2 heterocycles. The van der Waals surface area contributed by atoms with E-state index in [1.54, 1.807) is 0 Å². The van der Waals surface area contributed by atoms with Crippen LogP contribution in [-0.2, 0) is 0 Å². The lowest BCUT2D eigenvalue weighted by Crippen LogP contribution is -1.85. The van der Waals surface area contributed by atoms with E-state index in [9.17, 15) is 0 Å². The number of aromatic amines is 2. The van der Waals surface area contributed by atoms with Crippen molar-refractivity contribution in [2.45, 2.75) is 41.5 Å². The van der Waals surface area contributed by atoms with Crippen molar-refractivity contribution >= 4 is 21.8 Å². The predicted octanol–water partition coefficient (Wildman–Crippen LogP) is 6.19. The number of aromatic nitrogens is 2. The zero-order valence-corrected chi connectivity index (χ0v) is 15.5. The molecule has 124 valence electrons. The molecule has 0 atom stereocenters. The lowest BCUT2D eigenvalue weighted by Gasteiger charge is -2.04. The maximum atomic E-state index is 3.30. The lowest BCUT2D eigenvalue weighted by atomic mass is 10.0. The number of rotatable bonds is 0. The van der Waals surface area contributed by atoms with Crippen LogP contribution in [0.4, 0.5) is 0 Å². The minimum atomic E-state index is 1.28. The van der Waals surface area contributed by atoms with Crippen molar-refractivity contribution in [2.24, 2.45) is 0 Å². The molecule has 4 aromatic rings. The SMILES string of the molecule is Cc1cc(C)c2cc[nH]c2c1C.Cc1ccc(C)c2c(C)c[nH]c12. The molecule has 0 aliphatic carbocycles. The van der Waals surface area contributed by atoms with Gasteiger partial charge in [-0.2, -0.15) is 0 Å². The predicted molar refractivity (Wildman–Crippen MR) is 105 cm³/mol. The van der Waals surface area contributed by atoms with E-state index in [1.165, 1.54) is 55.2 Å². The third-order valence-corrected chi connectivity index (χ3v) is 5.02. The summed E-state index contributed by atoms with van der Waals surface area (Å²) >= 11 is 0. The molecule has 0 aliphatic heterocycles. The van der Waals surface area contributed by atoms with Crippen molar-refractivity contribution in [3.8, 4) is 0 Å². The molecule has 0 aliphatic rings. The Morgan fingerprint density at radius 3 is 2.04 bits per heavy atom. The standard InChI is InChI=1S/2C11H13N/c1-7-6-8(2)10-4-5-12-11(10)9(7)3;1-7-4-5-8(2)11-10(7)9(3)6-12-11/h2*4-6,12H,1-3H3. The Labute approximate surface area is 143 Å². The Bertz CT molecular complexity index is 1020. The number of fused-ring (bicyclic) bond motifs is 2. The van der Waals surface area contributed by atoms with E-state index in [2.05, 4.69) is 82.0 Å². The van der Waals surface area contributed by atoms with E-state index >= 15 is 0 Å². The van der Waals surface area contributed by atoms with Crippen molar-refractivity contribution in [3.05, 3.63) is 70.0 Å². The van der Waals surface area contributed by atoms with Gasteiger partial charge in [0.1, 0.15) is 0 Å². The molecule has 0 saturated heterocycles. The minimum Gasteiger partial charge on any atom is -0.361 e. The highest BCUT2D eigenvalue weighted by molar-refractivity contribution is 5.88. The second kappa shape index (κ2) is 6.20. The van der Waals surface area contributed by atoms with Gasteiger partial charge in [-0.05, 0) is 81.0 Å². The summed E-state index contributed by atoms with van der Waals surface area (Å²) in [5, 5.41) is 2.73. The van der Waals surface area contributed by atoms with Gasteiger partial charge < -0.3 is 9.97 Å². The quantitative estimate of drug-likeness (QED) is 0.387. The van der Waals surface area contributed by atoms with Gasteiger partial charge in [0.25, 0.3) is 0 Å². The Morgan fingerprint density at radius 2 is 1.33 bits per heavy atom. The van der Waals surface area contributed by atoms with Crippen molar-refractivity contribution < 1.29 is 0 Å². The Morgan fingerprint density at radius 1 is 0.625 bits per heavy atom. The molecule has 2 N–H and O–H groups in total. The molecule has 0 unspecified atom stereocenters. The average molecular weight is 318 g/mol. The van der Waals surface area contributed by atoms with Crippen molar-refractivity contribution in [2.75, 3.05) is 0 Å². The summed E-state index contributed by atoms with van der Waals surface area (Å²) in [6, 6.07) is 8.72. The second-order valence-electron chi connectivity index (χ2n) is 6.82. The smallest absolute Gasteiger partial charge is 0.0489 e. The van der Waals surface area contributed by atoms with E-state index in [-0.39, 0.29) is 0 Å². The zero-order chi connectivity index (χ0) is 17.4. The van der Waals surface area contributed by atoms with Crippen LogP contribution >= 0.6 is 0 Å². The number of H-pyrrole nitrogens is 2. The first kappa shape index (κ1) is 16.4. The van der Waals surface area contributed by atoms with Gasteiger partial charge in [0.15, 0.2) is 0 Å². The summed E-state index contributed by atoms with van der Waals surface area (Å²) in [6.07, 6.45) is 4.08. The van der Waals surface area contributed by atoms with Crippen molar-refractivity contribution in [3.63, 3.8) is 0 Å². The van der Waals surface area contributed by atoms with Crippen LogP contribution in [-0.4, -0.2) is 9.97 Å². The molecule has 2 heteroatoms. The van der Waals surface area contributed by atoms with Gasteiger partial charge in [-0.15, -0.1) is 0 Å². The number of benzene rings is 2. The van der Waals surface area contributed by atoms with Gasteiger partial charge in [-0.25, -0.2) is 0 Å². The molecule has 2 aromatic heterocycles.